The van der Waals surface area contributed by atoms with Crippen molar-refractivity contribution in [2.75, 3.05) is 13.1 Å². The topological polar surface area (TPSA) is 12.0 Å². The smallest absolute Gasteiger partial charge is 0.248 e. The molecule has 1 aliphatic rings. The van der Waals surface area contributed by atoms with Crippen molar-refractivity contribution in [1.29, 1.82) is 0 Å². The molecule has 0 spiro atoms. The van der Waals surface area contributed by atoms with Gasteiger partial charge in [-0.2, -0.15) is 0 Å². The molecule has 0 aromatic rings. The van der Waals surface area contributed by atoms with Crippen LogP contribution in [0.15, 0.2) is 0 Å². The minimum absolute atomic E-state index is 0.0736. The monoisotopic (exact) mass is 205 g/mol. The van der Waals surface area contributed by atoms with Crippen LogP contribution in [-0.4, -0.2) is 19.0 Å². The normalized spacial score (nSPS) is 26.8. The molecule has 1 atom stereocenters. The first-order valence-corrected chi connectivity index (χ1v) is 5.37. The van der Waals surface area contributed by atoms with Crippen LogP contribution in [0.2, 0.25) is 0 Å². The van der Waals surface area contributed by atoms with E-state index in [2.05, 4.69) is 26.1 Å². The quantitative estimate of drug-likeness (QED) is 0.746. The largest absolute Gasteiger partial charge is 0.316 e. The molecule has 1 saturated carbocycles. The lowest BCUT2D eigenvalue weighted by Gasteiger charge is -2.20. The van der Waals surface area contributed by atoms with E-state index in [9.17, 15) is 8.78 Å². The summed E-state index contributed by atoms with van der Waals surface area (Å²) in [5.41, 5.74) is 0.237. The van der Waals surface area contributed by atoms with Gasteiger partial charge in [0.05, 0.1) is 0 Å². The fourth-order valence-electron chi connectivity index (χ4n) is 1.87. The number of hydrogen-bond donors (Lipinski definition) is 1. The first-order chi connectivity index (χ1) is 6.29. The third kappa shape index (κ3) is 4.36. The molecule has 0 radical (unpaired) electrons. The highest BCUT2D eigenvalue weighted by molar-refractivity contribution is 4.82. The van der Waals surface area contributed by atoms with E-state index in [-0.39, 0.29) is 24.2 Å². The molecular formula is C11H21F2N. The summed E-state index contributed by atoms with van der Waals surface area (Å²) in [7, 11) is 0. The lowest BCUT2D eigenvalue weighted by Crippen LogP contribution is -2.30. The van der Waals surface area contributed by atoms with E-state index in [1.807, 2.05) is 0 Å². The summed E-state index contributed by atoms with van der Waals surface area (Å²) in [6.45, 7) is 8.07. The average Bonchev–Trinajstić information content (AvgIpc) is 2.27. The molecule has 0 saturated heterocycles. The highest BCUT2D eigenvalue weighted by atomic mass is 19.3. The zero-order valence-electron chi connectivity index (χ0n) is 9.37. The number of rotatable bonds is 3. The molecule has 1 aliphatic carbocycles. The van der Waals surface area contributed by atoms with E-state index in [1.165, 1.54) is 0 Å². The molecule has 1 unspecified atom stereocenters. The second-order valence-corrected chi connectivity index (χ2v) is 5.66. The van der Waals surface area contributed by atoms with Crippen molar-refractivity contribution in [2.45, 2.75) is 46.0 Å². The van der Waals surface area contributed by atoms with Gasteiger partial charge in [0.2, 0.25) is 5.92 Å². The Morgan fingerprint density at radius 2 is 2.00 bits per heavy atom. The van der Waals surface area contributed by atoms with E-state index < -0.39 is 5.92 Å². The van der Waals surface area contributed by atoms with Crippen LogP contribution in [-0.2, 0) is 0 Å². The molecule has 0 bridgehead atoms. The van der Waals surface area contributed by atoms with Crippen LogP contribution in [0.4, 0.5) is 8.78 Å². The third-order valence-corrected chi connectivity index (χ3v) is 2.59. The summed E-state index contributed by atoms with van der Waals surface area (Å²) in [6, 6.07) is 0. The standard InChI is InChI=1S/C11H21F2N/c1-10(2,3)8-14-7-9-4-5-11(12,13)6-9/h9,14H,4-8H2,1-3H3. The van der Waals surface area contributed by atoms with Crippen LogP contribution < -0.4 is 5.32 Å². The lowest BCUT2D eigenvalue weighted by molar-refractivity contribution is 0.00504. The summed E-state index contributed by atoms with van der Waals surface area (Å²) in [5, 5.41) is 3.27. The van der Waals surface area contributed by atoms with Crippen molar-refractivity contribution in [2.24, 2.45) is 11.3 Å². The third-order valence-electron chi connectivity index (χ3n) is 2.59. The average molecular weight is 205 g/mol. The molecule has 0 aromatic carbocycles. The molecule has 1 nitrogen and oxygen atoms in total. The molecular weight excluding hydrogens is 184 g/mol. The van der Waals surface area contributed by atoms with Gasteiger partial charge in [-0.25, -0.2) is 8.78 Å². The maximum atomic E-state index is 12.8. The molecule has 3 heteroatoms. The van der Waals surface area contributed by atoms with Crippen molar-refractivity contribution in [1.82, 2.24) is 5.32 Å². The van der Waals surface area contributed by atoms with Gasteiger partial charge in [0.25, 0.3) is 0 Å². The lowest BCUT2D eigenvalue weighted by atomic mass is 9.96. The van der Waals surface area contributed by atoms with Gasteiger partial charge < -0.3 is 5.32 Å². The van der Waals surface area contributed by atoms with E-state index in [1.54, 1.807) is 0 Å². The van der Waals surface area contributed by atoms with Gasteiger partial charge in [0.15, 0.2) is 0 Å². The fourth-order valence-corrected chi connectivity index (χ4v) is 1.87. The Labute approximate surface area is 85.3 Å². The number of hydrogen-bond acceptors (Lipinski definition) is 1. The number of alkyl halides is 2. The molecule has 0 amide bonds. The van der Waals surface area contributed by atoms with Crippen molar-refractivity contribution in [3.05, 3.63) is 0 Å². The van der Waals surface area contributed by atoms with Gasteiger partial charge in [-0.1, -0.05) is 20.8 Å². The van der Waals surface area contributed by atoms with Gasteiger partial charge in [-0.05, 0) is 30.8 Å². The van der Waals surface area contributed by atoms with Crippen molar-refractivity contribution in [3.8, 4) is 0 Å². The first kappa shape index (κ1) is 11.9. The highest BCUT2D eigenvalue weighted by Gasteiger charge is 2.38. The minimum atomic E-state index is -2.39. The van der Waals surface area contributed by atoms with Crippen molar-refractivity contribution in [3.63, 3.8) is 0 Å². The number of nitrogens with one attached hydrogen (secondary N) is 1. The fraction of sp³-hybridized carbons (Fsp3) is 1.00. The van der Waals surface area contributed by atoms with Crippen LogP contribution in [0.3, 0.4) is 0 Å². The first-order valence-electron chi connectivity index (χ1n) is 5.37. The summed E-state index contributed by atoms with van der Waals surface area (Å²) in [5.74, 6) is -2.22. The van der Waals surface area contributed by atoms with E-state index in [0.717, 1.165) is 13.1 Å². The van der Waals surface area contributed by atoms with Gasteiger partial charge in [-0.15, -0.1) is 0 Å². The predicted molar refractivity (Wildman–Crippen MR) is 54.6 cm³/mol. The van der Waals surface area contributed by atoms with E-state index in [0.29, 0.717) is 6.42 Å². The second-order valence-electron chi connectivity index (χ2n) is 5.66. The second kappa shape index (κ2) is 4.13. The predicted octanol–water partition coefficient (Wildman–Crippen LogP) is 3.06. The Morgan fingerprint density at radius 3 is 2.43 bits per heavy atom. The minimum Gasteiger partial charge on any atom is -0.316 e. The molecule has 1 fully saturated rings. The maximum Gasteiger partial charge on any atom is 0.248 e. The van der Waals surface area contributed by atoms with Gasteiger partial charge >= 0.3 is 0 Å². The van der Waals surface area contributed by atoms with Crippen LogP contribution in [0, 0.1) is 11.3 Å². The van der Waals surface area contributed by atoms with Crippen LogP contribution in [0.25, 0.3) is 0 Å². The molecule has 1 N–H and O–H groups in total. The maximum absolute atomic E-state index is 12.8. The van der Waals surface area contributed by atoms with Crippen LogP contribution in [0.5, 0.6) is 0 Å². The number of halogens is 2. The Bertz CT molecular complexity index is 184. The Morgan fingerprint density at radius 1 is 1.36 bits per heavy atom. The Balaban J connectivity index is 2.15. The van der Waals surface area contributed by atoms with E-state index in [4.69, 9.17) is 0 Å². The molecule has 0 aliphatic heterocycles. The summed E-state index contributed by atoms with van der Waals surface area (Å²) < 4.78 is 25.7. The van der Waals surface area contributed by atoms with Gasteiger partial charge in [-0.3, -0.25) is 0 Å². The van der Waals surface area contributed by atoms with E-state index >= 15 is 0 Å². The summed E-state index contributed by atoms with van der Waals surface area (Å²) in [6.07, 6.45) is 0.823. The molecule has 14 heavy (non-hydrogen) atoms. The zero-order valence-corrected chi connectivity index (χ0v) is 9.37. The van der Waals surface area contributed by atoms with Gasteiger partial charge in [0.1, 0.15) is 0 Å². The Hall–Kier alpha value is -0.180. The van der Waals surface area contributed by atoms with Crippen molar-refractivity contribution >= 4 is 0 Å². The van der Waals surface area contributed by atoms with Crippen LogP contribution >= 0.6 is 0 Å². The molecule has 0 aromatic heterocycles. The summed E-state index contributed by atoms with van der Waals surface area (Å²) in [4.78, 5) is 0. The van der Waals surface area contributed by atoms with Crippen molar-refractivity contribution < 1.29 is 8.78 Å². The van der Waals surface area contributed by atoms with Crippen LogP contribution in [0.1, 0.15) is 40.0 Å². The van der Waals surface area contributed by atoms with Gasteiger partial charge in [0, 0.05) is 12.8 Å². The molecule has 0 heterocycles. The SMILES string of the molecule is CC(C)(C)CNCC1CCC(F)(F)C1. The summed E-state index contributed by atoms with van der Waals surface area (Å²) >= 11 is 0. The zero-order chi connectivity index (χ0) is 10.8. The molecule has 84 valence electrons. The highest BCUT2D eigenvalue weighted by Crippen LogP contribution is 2.38. The molecule has 1 rings (SSSR count). The Kier molecular flexibility index (Phi) is 3.51.